The van der Waals surface area contributed by atoms with Crippen LogP contribution in [0, 0.1) is 13.8 Å². The molecule has 398 valence electrons. The molecular weight excluding hydrogens is 937 g/mol. The first kappa shape index (κ1) is 54.6. The van der Waals surface area contributed by atoms with Gasteiger partial charge in [-0.25, -0.2) is 0 Å². The number of aryl methyl sites for hydroxylation is 2. The van der Waals surface area contributed by atoms with E-state index in [1.165, 1.54) is 132 Å². The first-order valence-corrected chi connectivity index (χ1v) is 29.1. The Hall–Kier alpha value is -6.76. The summed E-state index contributed by atoms with van der Waals surface area (Å²) in [7, 11) is 0. The molecule has 10 rings (SSSR count). The molecular formula is C78H86. The molecule has 2 unspecified atom stereocenters. The van der Waals surface area contributed by atoms with E-state index in [1.54, 1.807) is 0 Å². The molecule has 0 N–H and O–H groups in total. The van der Waals surface area contributed by atoms with Crippen LogP contribution in [0.2, 0.25) is 0 Å². The van der Waals surface area contributed by atoms with Crippen LogP contribution < -0.4 is 0 Å². The van der Waals surface area contributed by atoms with Crippen LogP contribution in [-0.4, -0.2) is 0 Å². The van der Waals surface area contributed by atoms with Crippen molar-refractivity contribution in [3.63, 3.8) is 0 Å². The third-order valence-corrected chi connectivity index (χ3v) is 17.3. The van der Waals surface area contributed by atoms with E-state index in [2.05, 4.69) is 294 Å². The lowest BCUT2D eigenvalue weighted by atomic mass is 9.72. The Balaban J connectivity index is 1.47. The quantitative estimate of drug-likeness (QED) is 0.0998. The largest absolute Gasteiger partial charge is 0.0590 e. The predicted molar refractivity (Wildman–Crippen MR) is 342 cm³/mol. The molecule has 0 aliphatic rings. The Labute approximate surface area is 469 Å². The lowest BCUT2D eigenvalue weighted by molar-refractivity contribution is 0.590. The van der Waals surface area contributed by atoms with E-state index >= 15 is 0 Å². The summed E-state index contributed by atoms with van der Waals surface area (Å²) in [5.74, 6) is 0.818. The average Bonchev–Trinajstić information content (AvgIpc) is 3.36. The number of hydrogen-bond acceptors (Lipinski definition) is 0. The number of hydrogen-bond donors (Lipinski definition) is 0. The Kier molecular flexibility index (Phi) is 14.1. The van der Waals surface area contributed by atoms with E-state index in [1.807, 2.05) is 0 Å². The highest BCUT2D eigenvalue weighted by molar-refractivity contribution is 6.26. The summed E-state index contributed by atoms with van der Waals surface area (Å²) in [5.41, 5.74) is 20.9. The van der Waals surface area contributed by atoms with Gasteiger partial charge in [-0.1, -0.05) is 280 Å². The van der Waals surface area contributed by atoms with Gasteiger partial charge in [-0.3, -0.25) is 0 Å². The van der Waals surface area contributed by atoms with Gasteiger partial charge in [0, 0.05) is 11.8 Å². The molecule has 0 amide bonds. The number of rotatable bonds is 9. The van der Waals surface area contributed by atoms with Crippen molar-refractivity contribution in [3.05, 3.63) is 248 Å². The Morgan fingerprint density at radius 3 is 0.731 bits per heavy atom. The first-order valence-electron chi connectivity index (χ1n) is 29.1. The van der Waals surface area contributed by atoms with Crippen molar-refractivity contribution in [1.82, 2.24) is 0 Å². The average molecular weight is 1020 g/mol. The molecule has 0 bridgehead atoms. The van der Waals surface area contributed by atoms with Gasteiger partial charge in [-0.15, -0.1) is 0 Å². The van der Waals surface area contributed by atoms with E-state index in [4.69, 9.17) is 0 Å². The van der Waals surface area contributed by atoms with Gasteiger partial charge in [0.1, 0.15) is 0 Å². The molecule has 0 fully saturated rings. The summed E-state index contributed by atoms with van der Waals surface area (Å²) < 4.78 is 0. The molecule has 0 spiro atoms. The minimum absolute atomic E-state index is 0.0309. The third kappa shape index (κ3) is 10.3. The van der Waals surface area contributed by atoms with Gasteiger partial charge in [0.15, 0.2) is 0 Å². The zero-order valence-electron chi connectivity index (χ0n) is 50.5. The molecule has 0 aromatic heterocycles. The zero-order valence-corrected chi connectivity index (χ0v) is 50.5. The lowest BCUT2D eigenvalue weighted by Gasteiger charge is -2.31. The van der Waals surface area contributed by atoms with Crippen LogP contribution in [-0.2, 0) is 21.7 Å². The van der Waals surface area contributed by atoms with Crippen LogP contribution in [0.25, 0.3) is 54.2 Å². The summed E-state index contributed by atoms with van der Waals surface area (Å²) in [4.78, 5) is 0. The molecule has 10 aromatic rings. The van der Waals surface area contributed by atoms with Crippen LogP contribution in [0.5, 0.6) is 0 Å². The van der Waals surface area contributed by atoms with Crippen molar-refractivity contribution in [3.8, 4) is 11.1 Å². The number of fused-ring (bicyclic) bond motifs is 4. The summed E-state index contributed by atoms with van der Waals surface area (Å²) in [6, 6.07) is 68.1. The van der Waals surface area contributed by atoms with Gasteiger partial charge in [-0.2, -0.15) is 0 Å². The second-order valence-corrected chi connectivity index (χ2v) is 27.9. The molecule has 0 heterocycles. The SMILES string of the molecule is Cc1ccc(C(c2ccc(C(C)C)cc2)c2c3ccc(C(C)(C)C)cc3c(-c3c4cc(C(C)(C)C)ccc4c(C(c4ccc(C)cc4)c4ccc(C(C)C)cc4)c4cc(C(C)(C)C)ccc34)c3ccc(C(C)(C)C)cc23)cc1. The minimum Gasteiger partial charge on any atom is -0.0590 e. The molecule has 0 saturated heterocycles. The first-order chi connectivity index (χ1) is 36.7. The van der Waals surface area contributed by atoms with Crippen molar-refractivity contribution in [2.45, 2.75) is 170 Å². The highest BCUT2D eigenvalue weighted by Gasteiger charge is 2.32. The molecule has 0 aliphatic carbocycles. The molecule has 0 aliphatic heterocycles. The van der Waals surface area contributed by atoms with Crippen molar-refractivity contribution in [2.75, 3.05) is 0 Å². The van der Waals surface area contributed by atoms with Gasteiger partial charge in [0.05, 0.1) is 0 Å². The van der Waals surface area contributed by atoms with Crippen LogP contribution in [0.4, 0.5) is 0 Å². The summed E-state index contributed by atoms with van der Waals surface area (Å²) in [5, 5.41) is 10.5. The van der Waals surface area contributed by atoms with Gasteiger partial charge in [0.2, 0.25) is 0 Å². The monoisotopic (exact) mass is 1020 g/mol. The Morgan fingerprint density at radius 1 is 0.244 bits per heavy atom. The van der Waals surface area contributed by atoms with E-state index in [-0.39, 0.29) is 33.5 Å². The topological polar surface area (TPSA) is 0 Å². The molecule has 2 atom stereocenters. The van der Waals surface area contributed by atoms with Crippen LogP contribution >= 0.6 is 0 Å². The van der Waals surface area contributed by atoms with Crippen molar-refractivity contribution in [1.29, 1.82) is 0 Å². The lowest BCUT2D eigenvalue weighted by Crippen LogP contribution is -2.14. The normalized spacial score (nSPS) is 13.6. The van der Waals surface area contributed by atoms with Gasteiger partial charge < -0.3 is 0 Å². The molecule has 78 heavy (non-hydrogen) atoms. The van der Waals surface area contributed by atoms with Crippen molar-refractivity contribution in [2.24, 2.45) is 0 Å². The fourth-order valence-corrected chi connectivity index (χ4v) is 12.3. The standard InChI is InChI=1S/C78H86/c1-47(2)51-27-31-55(32-28-51)69(53-23-19-49(5)20-24-53)71-61-39-35-59(77(13,14)15)45-67(61)73(63-41-37-57(43-65(63)71)75(7,8)9)74-64-42-38-58(76(10,11)12)44-66(64)72(62-40-36-60(46-68(62)74)78(16,17)18)70(54-25-21-50(6)22-26-54)56-33-29-52(30-34-56)48(3)4/h19-48,69-70H,1-18H3. The van der Waals surface area contributed by atoms with Crippen molar-refractivity contribution >= 4 is 43.1 Å². The smallest absolute Gasteiger partial charge is 0.0352 e. The molecule has 0 nitrogen and oxygen atoms in total. The summed E-state index contributed by atoms with van der Waals surface area (Å²) in [6.45, 7) is 42.1. The highest BCUT2D eigenvalue weighted by atomic mass is 14.4. The maximum Gasteiger partial charge on any atom is 0.0352 e. The maximum absolute atomic E-state index is 2.59. The fourth-order valence-electron chi connectivity index (χ4n) is 12.3. The highest BCUT2D eigenvalue weighted by Crippen LogP contribution is 2.54. The van der Waals surface area contributed by atoms with Gasteiger partial charge in [0.25, 0.3) is 0 Å². The second kappa shape index (κ2) is 20.2. The fraction of sp³-hybridized carbons (Fsp3) is 0.333. The second-order valence-electron chi connectivity index (χ2n) is 27.9. The van der Waals surface area contributed by atoms with Gasteiger partial charge in [-0.05, 0) is 180 Å². The van der Waals surface area contributed by atoms with Crippen molar-refractivity contribution < 1.29 is 0 Å². The van der Waals surface area contributed by atoms with Gasteiger partial charge >= 0.3 is 0 Å². The predicted octanol–water partition coefficient (Wildman–Crippen LogP) is 22.4. The number of benzene rings is 10. The minimum atomic E-state index is -0.0961. The van der Waals surface area contributed by atoms with E-state index < -0.39 is 0 Å². The zero-order chi connectivity index (χ0) is 56.0. The molecule has 0 heteroatoms. The van der Waals surface area contributed by atoms with Crippen LogP contribution in [0.1, 0.15) is 212 Å². The van der Waals surface area contributed by atoms with E-state index in [9.17, 15) is 0 Å². The van der Waals surface area contributed by atoms with Crippen LogP contribution in [0.15, 0.2) is 170 Å². The van der Waals surface area contributed by atoms with E-state index in [0.717, 1.165) is 0 Å². The third-order valence-electron chi connectivity index (χ3n) is 17.3. The summed E-state index contributed by atoms with van der Waals surface area (Å²) in [6.07, 6.45) is 0. The molecule has 10 aromatic carbocycles. The molecule has 0 radical (unpaired) electrons. The van der Waals surface area contributed by atoms with E-state index in [0.29, 0.717) is 11.8 Å². The summed E-state index contributed by atoms with van der Waals surface area (Å²) >= 11 is 0. The Morgan fingerprint density at radius 2 is 0.474 bits per heavy atom. The maximum atomic E-state index is 2.59. The molecule has 0 saturated carbocycles. The van der Waals surface area contributed by atoms with Crippen LogP contribution in [0.3, 0.4) is 0 Å². The Bertz CT molecular complexity index is 3590.